The van der Waals surface area contributed by atoms with E-state index in [1.165, 1.54) is 38.2 Å². The first-order chi connectivity index (χ1) is 13.3. The summed E-state index contributed by atoms with van der Waals surface area (Å²) in [5.41, 5.74) is 0.761. The molecule has 5 saturated carbocycles. The first-order valence-electron chi connectivity index (χ1n) is 10.5. The molecule has 5 fully saturated rings. The minimum absolute atomic E-state index is 0.121. The molecule has 4 bridgehead atoms. The van der Waals surface area contributed by atoms with Crippen molar-refractivity contribution in [3.63, 3.8) is 0 Å². The molecule has 0 atom stereocenters. The molecule has 1 aromatic rings. The zero-order valence-electron chi connectivity index (χ0n) is 16.2. The van der Waals surface area contributed by atoms with Crippen LogP contribution in [0.5, 0.6) is 5.75 Å². The lowest BCUT2D eigenvalue weighted by atomic mass is 9.55. The van der Waals surface area contributed by atoms with Gasteiger partial charge in [-0.05, 0) is 86.2 Å². The molecule has 0 unspecified atom stereocenters. The molecule has 0 saturated heterocycles. The fourth-order valence-electron chi connectivity index (χ4n) is 6.13. The molecule has 0 aliphatic heterocycles. The molecule has 28 heavy (non-hydrogen) atoms. The Kier molecular flexibility index (Phi) is 4.34. The lowest BCUT2D eigenvalue weighted by molar-refractivity contribution is -0.0793. The van der Waals surface area contributed by atoms with Crippen LogP contribution in [0.15, 0.2) is 12.1 Å². The smallest absolute Gasteiger partial charge is 0.180 e. The average molecular weight is 407 g/mol. The molecule has 0 N–H and O–H groups in total. The van der Waals surface area contributed by atoms with Crippen LogP contribution in [0, 0.1) is 29.5 Å². The Hall–Kier alpha value is -1.43. The second-order valence-electron chi connectivity index (χ2n) is 9.65. The van der Waals surface area contributed by atoms with Crippen molar-refractivity contribution in [3.05, 3.63) is 29.1 Å². The van der Waals surface area contributed by atoms with Crippen LogP contribution in [0.2, 0.25) is 0 Å². The Balaban J connectivity index is 1.43. The first kappa shape index (κ1) is 18.6. The summed E-state index contributed by atoms with van der Waals surface area (Å²) >= 11 is 0. The molecular weight excluding hydrogens is 379 g/mol. The van der Waals surface area contributed by atoms with Gasteiger partial charge in [-0.3, -0.25) is 4.79 Å². The summed E-state index contributed by atoms with van der Waals surface area (Å²) in [6, 6.07) is 2.90. The summed E-state index contributed by atoms with van der Waals surface area (Å²) in [6.45, 7) is 0. The van der Waals surface area contributed by atoms with Gasteiger partial charge in [0.2, 0.25) is 0 Å². The van der Waals surface area contributed by atoms with Crippen molar-refractivity contribution in [2.75, 3.05) is 12.0 Å². The van der Waals surface area contributed by atoms with E-state index in [0.29, 0.717) is 17.6 Å². The van der Waals surface area contributed by atoms with E-state index in [-0.39, 0.29) is 17.6 Å². The van der Waals surface area contributed by atoms with Gasteiger partial charge in [-0.15, -0.1) is 0 Å². The van der Waals surface area contributed by atoms with Gasteiger partial charge in [0.1, 0.15) is 23.4 Å². The summed E-state index contributed by atoms with van der Waals surface area (Å²) in [6.07, 6.45) is 9.43. The minimum Gasteiger partial charge on any atom is -0.489 e. The number of ketones is 1. The van der Waals surface area contributed by atoms with Gasteiger partial charge in [0, 0.05) is 12.3 Å². The van der Waals surface area contributed by atoms with Crippen molar-refractivity contribution in [2.24, 2.45) is 23.7 Å². The Morgan fingerprint density at radius 1 is 1.07 bits per heavy atom. The van der Waals surface area contributed by atoms with Crippen molar-refractivity contribution in [1.29, 1.82) is 0 Å². The SMILES string of the molecule is CS(=O)(=O)CC(=O)c1cc(C2CC2)c(OC2C3CC4CC(C3)CC2C4)cc1F. The molecular formula is C22H27FO4S. The number of halogens is 1. The molecule has 0 radical (unpaired) electrons. The molecule has 5 aliphatic carbocycles. The van der Waals surface area contributed by atoms with E-state index in [4.69, 9.17) is 4.74 Å². The molecule has 152 valence electrons. The Morgan fingerprint density at radius 3 is 2.21 bits per heavy atom. The minimum atomic E-state index is -3.50. The fraction of sp³-hybridized carbons (Fsp3) is 0.682. The highest BCUT2D eigenvalue weighted by Gasteiger charge is 2.49. The molecule has 6 heteroatoms. The van der Waals surface area contributed by atoms with Crippen molar-refractivity contribution < 1.29 is 22.3 Å². The summed E-state index contributed by atoms with van der Waals surface area (Å²) in [4.78, 5) is 12.3. The number of carbonyl (C=O) groups excluding carboxylic acids is 1. The number of hydrogen-bond donors (Lipinski definition) is 0. The van der Waals surface area contributed by atoms with Crippen molar-refractivity contribution in [2.45, 2.75) is 57.0 Å². The van der Waals surface area contributed by atoms with Crippen molar-refractivity contribution >= 4 is 15.6 Å². The number of carbonyl (C=O) groups is 1. The van der Waals surface area contributed by atoms with Crippen LogP contribution in [-0.4, -0.2) is 32.3 Å². The fourth-order valence-corrected chi connectivity index (χ4v) is 6.76. The molecule has 4 nitrogen and oxygen atoms in total. The zero-order chi connectivity index (χ0) is 19.6. The molecule has 5 aliphatic rings. The first-order valence-corrected chi connectivity index (χ1v) is 12.5. The van der Waals surface area contributed by atoms with E-state index in [1.807, 2.05) is 0 Å². The lowest BCUT2D eigenvalue weighted by Crippen LogP contribution is -2.50. The van der Waals surface area contributed by atoms with E-state index in [1.54, 1.807) is 6.07 Å². The van der Waals surface area contributed by atoms with Crippen LogP contribution < -0.4 is 4.74 Å². The lowest BCUT2D eigenvalue weighted by Gasteiger charge is -2.53. The van der Waals surface area contributed by atoms with Crippen molar-refractivity contribution in [1.82, 2.24) is 0 Å². The van der Waals surface area contributed by atoms with Crippen molar-refractivity contribution in [3.8, 4) is 5.75 Å². The number of Topliss-reactive ketones (excluding diaryl/α,β-unsaturated/α-hetero) is 1. The Morgan fingerprint density at radius 2 is 1.68 bits per heavy atom. The normalized spacial score (nSPS) is 33.9. The monoisotopic (exact) mass is 406 g/mol. The van der Waals surface area contributed by atoms with Crippen LogP contribution >= 0.6 is 0 Å². The zero-order valence-corrected chi connectivity index (χ0v) is 17.0. The Bertz CT molecular complexity index is 891. The molecule has 1 aromatic carbocycles. The second kappa shape index (κ2) is 6.54. The summed E-state index contributed by atoms with van der Waals surface area (Å²) in [5, 5.41) is 0. The molecule has 0 spiro atoms. The van der Waals surface area contributed by atoms with Crippen LogP contribution in [0.4, 0.5) is 4.39 Å². The highest BCUT2D eigenvalue weighted by Crippen LogP contribution is 2.55. The van der Waals surface area contributed by atoms with E-state index in [9.17, 15) is 17.6 Å². The second-order valence-corrected chi connectivity index (χ2v) is 11.8. The van der Waals surface area contributed by atoms with Crippen LogP contribution in [0.1, 0.15) is 66.8 Å². The maximum atomic E-state index is 14.8. The third-order valence-corrected chi connectivity index (χ3v) is 8.00. The number of rotatable bonds is 6. The maximum absolute atomic E-state index is 14.8. The third-order valence-electron chi connectivity index (χ3n) is 7.21. The molecule has 6 rings (SSSR count). The average Bonchev–Trinajstić information content (AvgIpc) is 3.40. The van der Waals surface area contributed by atoms with Gasteiger partial charge >= 0.3 is 0 Å². The highest BCUT2D eigenvalue weighted by atomic mass is 32.2. The summed E-state index contributed by atoms with van der Waals surface area (Å²) in [7, 11) is -3.50. The topological polar surface area (TPSA) is 60.4 Å². The molecule has 0 aromatic heterocycles. The number of benzene rings is 1. The largest absolute Gasteiger partial charge is 0.489 e. The van der Waals surface area contributed by atoms with E-state index in [2.05, 4.69) is 0 Å². The summed E-state index contributed by atoms with van der Waals surface area (Å²) in [5.74, 6) is 1.68. The quantitative estimate of drug-likeness (QED) is 0.667. The van der Waals surface area contributed by atoms with Gasteiger partial charge in [0.05, 0.1) is 5.56 Å². The van der Waals surface area contributed by atoms with Gasteiger partial charge in [-0.25, -0.2) is 12.8 Å². The molecule has 0 amide bonds. The highest BCUT2D eigenvalue weighted by molar-refractivity contribution is 7.91. The standard InChI is InChI=1S/C22H27FO4S/c1-28(25,26)11-20(24)18-9-17(14-2-3-14)21(10-19(18)23)27-22-15-5-12-4-13(7-15)8-16(22)6-12/h9-10,12-16,22H,2-8,11H2,1H3. The van der Waals surface area contributed by atoms with E-state index >= 15 is 0 Å². The van der Waals surface area contributed by atoms with Crippen LogP contribution in [0.3, 0.4) is 0 Å². The number of sulfone groups is 1. The van der Waals surface area contributed by atoms with Gasteiger partial charge in [0.25, 0.3) is 0 Å². The molecule has 0 heterocycles. The Labute approximate surface area is 165 Å². The predicted molar refractivity (Wildman–Crippen MR) is 104 cm³/mol. The predicted octanol–water partition coefficient (Wildman–Crippen LogP) is 4.13. The van der Waals surface area contributed by atoms with Gasteiger partial charge in [-0.1, -0.05) is 0 Å². The maximum Gasteiger partial charge on any atom is 0.180 e. The van der Waals surface area contributed by atoms with E-state index in [0.717, 1.165) is 36.5 Å². The third kappa shape index (κ3) is 3.49. The summed E-state index contributed by atoms with van der Waals surface area (Å²) < 4.78 is 44.1. The van der Waals surface area contributed by atoms with Crippen LogP contribution in [-0.2, 0) is 9.84 Å². The number of ether oxygens (including phenoxy) is 1. The van der Waals surface area contributed by atoms with Gasteiger partial charge < -0.3 is 4.74 Å². The van der Waals surface area contributed by atoms with Gasteiger partial charge in [0.15, 0.2) is 15.6 Å². The van der Waals surface area contributed by atoms with Gasteiger partial charge in [-0.2, -0.15) is 0 Å². The van der Waals surface area contributed by atoms with Crippen LogP contribution in [0.25, 0.3) is 0 Å². The number of hydrogen-bond acceptors (Lipinski definition) is 4. The van der Waals surface area contributed by atoms with E-state index < -0.39 is 27.2 Å².